The van der Waals surface area contributed by atoms with Gasteiger partial charge < -0.3 is 5.11 Å². The molecule has 0 aromatic carbocycles. The van der Waals surface area contributed by atoms with Crippen molar-refractivity contribution in [2.24, 2.45) is 5.92 Å². The van der Waals surface area contributed by atoms with Crippen LogP contribution in [0.15, 0.2) is 48.1 Å². The second-order valence-corrected chi connectivity index (χ2v) is 6.17. The lowest BCUT2D eigenvalue weighted by Gasteiger charge is -2.14. The molecule has 0 heterocycles. The summed E-state index contributed by atoms with van der Waals surface area (Å²) in [6, 6.07) is 0. The van der Waals surface area contributed by atoms with Crippen LogP contribution in [0.4, 0.5) is 0 Å². The van der Waals surface area contributed by atoms with Crippen LogP contribution in [0.2, 0.25) is 0 Å². The van der Waals surface area contributed by atoms with Gasteiger partial charge in [-0.1, -0.05) is 56.4 Å². The number of allylic oxidation sites excluding steroid dienone is 7. The zero-order valence-electron chi connectivity index (χ0n) is 15.5. The molecule has 3 heteroatoms. The molecule has 0 amide bonds. The second-order valence-electron chi connectivity index (χ2n) is 6.17. The first-order valence-electron chi connectivity index (χ1n) is 8.73. The summed E-state index contributed by atoms with van der Waals surface area (Å²) in [5.74, 6) is 0.0361. The van der Waals surface area contributed by atoms with Crippen molar-refractivity contribution in [2.75, 3.05) is 0 Å². The molecule has 0 aromatic heterocycles. The van der Waals surface area contributed by atoms with Crippen molar-refractivity contribution < 1.29 is 14.7 Å². The van der Waals surface area contributed by atoms with Gasteiger partial charge in [-0.2, -0.15) is 0 Å². The van der Waals surface area contributed by atoms with Crippen molar-refractivity contribution in [1.29, 1.82) is 0 Å². The molecule has 0 aromatic rings. The van der Waals surface area contributed by atoms with Crippen molar-refractivity contribution in [3.05, 3.63) is 48.1 Å². The normalized spacial score (nSPS) is 15.5. The van der Waals surface area contributed by atoms with E-state index in [1.807, 2.05) is 31.2 Å². The maximum Gasteiger partial charge on any atom is 0.138 e. The Kier molecular flexibility index (Phi) is 12.7. The smallest absolute Gasteiger partial charge is 0.138 e. The second kappa shape index (κ2) is 13.7. The summed E-state index contributed by atoms with van der Waals surface area (Å²) in [5, 5.41) is 10.0. The molecule has 24 heavy (non-hydrogen) atoms. The predicted octanol–water partition coefficient (Wildman–Crippen LogP) is 4.73. The van der Waals surface area contributed by atoms with E-state index in [0.29, 0.717) is 12.0 Å². The maximum atomic E-state index is 12.1. The van der Waals surface area contributed by atoms with Crippen molar-refractivity contribution in [3.63, 3.8) is 0 Å². The fourth-order valence-corrected chi connectivity index (χ4v) is 2.02. The van der Waals surface area contributed by atoms with Gasteiger partial charge in [0.25, 0.3) is 0 Å². The molecule has 0 fully saturated rings. The molecule has 2 atom stereocenters. The average molecular weight is 332 g/mol. The minimum Gasteiger partial charge on any atom is -0.388 e. The molecule has 0 rings (SSSR count). The summed E-state index contributed by atoms with van der Waals surface area (Å²) in [7, 11) is 0. The highest BCUT2D eigenvalue weighted by atomic mass is 16.3. The highest BCUT2D eigenvalue weighted by molar-refractivity contribution is 5.81. The maximum absolute atomic E-state index is 12.1. The number of carbonyl (C=O) groups is 2. The highest BCUT2D eigenvalue weighted by Crippen LogP contribution is 2.15. The first-order chi connectivity index (χ1) is 11.4. The fraction of sp³-hybridized carbons (Fsp3) is 0.524. The van der Waals surface area contributed by atoms with Crippen LogP contribution in [0.1, 0.15) is 59.8 Å². The van der Waals surface area contributed by atoms with Gasteiger partial charge in [0.1, 0.15) is 11.6 Å². The van der Waals surface area contributed by atoms with Crippen LogP contribution in [0.3, 0.4) is 0 Å². The van der Waals surface area contributed by atoms with Crippen molar-refractivity contribution in [3.8, 4) is 0 Å². The van der Waals surface area contributed by atoms with E-state index in [4.69, 9.17) is 0 Å². The van der Waals surface area contributed by atoms with E-state index >= 15 is 0 Å². The lowest BCUT2D eigenvalue weighted by atomic mass is 9.94. The SMILES string of the molecule is CC/C=C/C=C/C=C/CCC(C)C(=O)CC(O)/C(C)=C/CC(C)=O. The number of ketones is 2. The third-order valence-corrected chi connectivity index (χ3v) is 3.79. The largest absolute Gasteiger partial charge is 0.388 e. The molecule has 0 radical (unpaired) electrons. The van der Waals surface area contributed by atoms with Crippen LogP contribution >= 0.6 is 0 Å². The first-order valence-corrected chi connectivity index (χ1v) is 8.73. The van der Waals surface area contributed by atoms with Gasteiger partial charge in [0.05, 0.1) is 6.10 Å². The summed E-state index contributed by atoms with van der Waals surface area (Å²) in [4.78, 5) is 23.1. The van der Waals surface area contributed by atoms with E-state index in [1.54, 1.807) is 13.0 Å². The van der Waals surface area contributed by atoms with Crippen LogP contribution in [-0.2, 0) is 9.59 Å². The standard InChI is InChI=1S/C21H32O3/c1-5-6-7-8-9-10-11-12-13-17(2)20(23)16-21(24)18(3)14-15-19(4)22/h6-11,14,17,21,24H,5,12-13,15-16H2,1-4H3/b7-6+,9-8+,11-10+,18-14+. The zero-order chi connectivity index (χ0) is 18.4. The number of aliphatic hydroxyl groups is 1. The van der Waals surface area contributed by atoms with Gasteiger partial charge in [0.15, 0.2) is 0 Å². The number of carbonyl (C=O) groups excluding carboxylic acids is 2. The molecule has 2 unspecified atom stereocenters. The van der Waals surface area contributed by atoms with Crippen LogP contribution in [0.25, 0.3) is 0 Å². The van der Waals surface area contributed by atoms with Gasteiger partial charge >= 0.3 is 0 Å². The van der Waals surface area contributed by atoms with Crippen molar-refractivity contribution in [2.45, 2.75) is 65.9 Å². The zero-order valence-corrected chi connectivity index (χ0v) is 15.5. The average Bonchev–Trinajstić information content (AvgIpc) is 2.54. The van der Waals surface area contributed by atoms with Crippen LogP contribution < -0.4 is 0 Å². The quantitative estimate of drug-likeness (QED) is 0.415. The minimum absolute atomic E-state index is 0.0484. The summed E-state index contributed by atoms with van der Waals surface area (Å²) in [5.41, 5.74) is 0.691. The van der Waals surface area contributed by atoms with Crippen molar-refractivity contribution >= 4 is 11.6 Å². The van der Waals surface area contributed by atoms with E-state index in [0.717, 1.165) is 19.3 Å². The molecule has 0 aliphatic carbocycles. The third-order valence-electron chi connectivity index (χ3n) is 3.79. The third kappa shape index (κ3) is 11.8. The Hall–Kier alpha value is -1.74. The molecule has 134 valence electrons. The number of aliphatic hydroxyl groups excluding tert-OH is 1. The molecule has 0 aliphatic heterocycles. The predicted molar refractivity (Wildman–Crippen MR) is 101 cm³/mol. The summed E-state index contributed by atoms with van der Waals surface area (Å²) < 4.78 is 0. The number of Topliss-reactive ketones (excluding diaryl/α,β-unsaturated/α-hetero) is 2. The van der Waals surface area contributed by atoms with Gasteiger partial charge in [-0.25, -0.2) is 0 Å². The van der Waals surface area contributed by atoms with Crippen molar-refractivity contribution in [1.82, 2.24) is 0 Å². The van der Waals surface area contributed by atoms with E-state index in [9.17, 15) is 14.7 Å². The van der Waals surface area contributed by atoms with E-state index < -0.39 is 6.10 Å². The molecule has 0 saturated carbocycles. The van der Waals surface area contributed by atoms with Gasteiger partial charge in [-0.05, 0) is 38.7 Å². The molecule has 3 nitrogen and oxygen atoms in total. The van der Waals surface area contributed by atoms with Crippen LogP contribution in [0, 0.1) is 5.92 Å². The highest BCUT2D eigenvalue weighted by Gasteiger charge is 2.17. The number of hydrogen-bond acceptors (Lipinski definition) is 3. The molecular weight excluding hydrogens is 300 g/mol. The van der Waals surface area contributed by atoms with Crippen LogP contribution in [-0.4, -0.2) is 22.8 Å². The van der Waals surface area contributed by atoms with E-state index in [2.05, 4.69) is 19.1 Å². The molecule has 0 spiro atoms. The lowest BCUT2D eigenvalue weighted by Crippen LogP contribution is -2.20. The molecule has 0 aliphatic rings. The van der Waals surface area contributed by atoms with Gasteiger partial charge in [-0.3, -0.25) is 9.59 Å². The van der Waals surface area contributed by atoms with Gasteiger partial charge in [0, 0.05) is 18.8 Å². The summed E-state index contributed by atoms with van der Waals surface area (Å²) in [6.45, 7) is 7.26. The molecule has 1 N–H and O–H groups in total. The number of hydrogen-bond donors (Lipinski definition) is 1. The lowest BCUT2D eigenvalue weighted by molar-refractivity contribution is -0.124. The monoisotopic (exact) mass is 332 g/mol. The Morgan fingerprint density at radius 2 is 1.67 bits per heavy atom. The van der Waals surface area contributed by atoms with E-state index in [1.165, 1.54) is 6.92 Å². The number of rotatable bonds is 12. The Morgan fingerprint density at radius 3 is 2.25 bits per heavy atom. The molecule has 0 saturated heterocycles. The Labute approximate surface area is 146 Å². The summed E-state index contributed by atoms with van der Waals surface area (Å²) in [6.07, 6.45) is 16.1. The van der Waals surface area contributed by atoms with Gasteiger partial charge in [-0.15, -0.1) is 0 Å². The van der Waals surface area contributed by atoms with Crippen LogP contribution in [0.5, 0.6) is 0 Å². The topological polar surface area (TPSA) is 54.4 Å². The minimum atomic E-state index is -0.789. The fourth-order valence-electron chi connectivity index (χ4n) is 2.02. The Bertz CT molecular complexity index is 495. The Balaban J connectivity index is 4.16. The molecular formula is C21H32O3. The summed E-state index contributed by atoms with van der Waals surface area (Å²) >= 11 is 0. The molecule has 0 bridgehead atoms. The van der Waals surface area contributed by atoms with E-state index in [-0.39, 0.29) is 23.9 Å². The Morgan fingerprint density at radius 1 is 1.04 bits per heavy atom. The first kappa shape index (κ1) is 22.3. The van der Waals surface area contributed by atoms with Gasteiger partial charge in [0.2, 0.25) is 0 Å².